The van der Waals surface area contributed by atoms with Gasteiger partial charge in [0.1, 0.15) is 0 Å². The van der Waals surface area contributed by atoms with E-state index in [0.29, 0.717) is 29.4 Å². The van der Waals surface area contributed by atoms with Gasteiger partial charge in [-0.2, -0.15) is 9.30 Å². The first kappa shape index (κ1) is 22.0. The third kappa shape index (κ3) is 4.03. The van der Waals surface area contributed by atoms with Gasteiger partial charge in [-0.25, -0.2) is 8.42 Å². The van der Waals surface area contributed by atoms with Gasteiger partial charge in [-0.1, -0.05) is 48.6 Å². The maximum absolute atomic E-state index is 12.9. The number of hydrogen-bond acceptors (Lipinski definition) is 4. The highest BCUT2D eigenvalue weighted by atomic mass is 32.2. The number of aryl methyl sites for hydroxylation is 1. The lowest BCUT2D eigenvalue weighted by molar-refractivity contribution is 0.0998. The molecule has 6 nitrogen and oxygen atoms in total. The molecule has 1 aliphatic rings. The summed E-state index contributed by atoms with van der Waals surface area (Å²) in [5.41, 5.74) is 1.38. The average Bonchev–Trinajstić information content (AvgIpc) is 3.15. The Hall–Kier alpha value is -2.81. The molecule has 5 rings (SSSR count). The van der Waals surface area contributed by atoms with E-state index in [1.807, 2.05) is 29.8 Å². The van der Waals surface area contributed by atoms with E-state index in [2.05, 4.69) is 30.1 Å². The van der Waals surface area contributed by atoms with E-state index in [1.54, 1.807) is 12.1 Å². The van der Waals surface area contributed by atoms with Gasteiger partial charge in [-0.3, -0.25) is 4.79 Å². The minimum Gasteiger partial charge on any atom is -0.319 e. The van der Waals surface area contributed by atoms with Crippen LogP contribution in [0.4, 0.5) is 0 Å². The van der Waals surface area contributed by atoms with Gasteiger partial charge in [-0.15, -0.1) is 0 Å². The number of hydrogen-bond donors (Lipinski definition) is 0. The summed E-state index contributed by atoms with van der Waals surface area (Å²) in [5.74, 6) is 0.156. The second-order valence-corrected chi connectivity index (χ2v) is 11.5. The second-order valence-electron chi connectivity index (χ2n) is 8.61. The molecule has 2 heterocycles. The zero-order chi connectivity index (χ0) is 23.2. The smallest absolute Gasteiger partial charge is 0.279 e. The minimum atomic E-state index is -3.54. The molecule has 4 aromatic rings. The Bertz CT molecular complexity index is 1520. The molecule has 0 bridgehead atoms. The topological polar surface area (TPSA) is 71.7 Å². The Balaban J connectivity index is 1.45. The van der Waals surface area contributed by atoms with Crippen LogP contribution in [0.15, 0.2) is 70.6 Å². The number of thiazole rings is 1. The van der Waals surface area contributed by atoms with Crippen molar-refractivity contribution in [1.29, 1.82) is 0 Å². The molecule has 1 aliphatic heterocycles. The van der Waals surface area contributed by atoms with Crippen LogP contribution in [0.25, 0.3) is 21.0 Å². The van der Waals surface area contributed by atoms with Crippen molar-refractivity contribution in [2.75, 3.05) is 13.1 Å². The highest BCUT2D eigenvalue weighted by Crippen LogP contribution is 2.27. The van der Waals surface area contributed by atoms with Crippen LogP contribution in [0.2, 0.25) is 0 Å². The number of rotatable bonds is 3. The van der Waals surface area contributed by atoms with E-state index in [9.17, 15) is 13.2 Å². The van der Waals surface area contributed by atoms with Gasteiger partial charge in [0.25, 0.3) is 5.91 Å². The minimum absolute atomic E-state index is 0.215. The number of fused-ring (bicyclic) bond motifs is 3. The standard InChI is InChI=1S/C25H25N3O3S2/c1-17-13-15-28(16-14-17)33(30,31)20-10-7-19(8-11-20)24(29)26-25-27(2)22-12-9-18-5-3-4-6-21(18)23(22)32-25/h3-12,17H,13-16H2,1-2H3. The van der Waals surface area contributed by atoms with Crippen LogP contribution in [0, 0.1) is 5.92 Å². The molecule has 3 aromatic carbocycles. The fraction of sp³-hybridized carbons (Fsp3) is 0.280. The van der Waals surface area contributed by atoms with E-state index < -0.39 is 15.9 Å². The number of carbonyl (C=O) groups is 1. The second kappa shape index (κ2) is 8.52. The van der Waals surface area contributed by atoms with Gasteiger partial charge in [0.2, 0.25) is 10.0 Å². The number of sulfonamides is 1. The van der Waals surface area contributed by atoms with Crippen LogP contribution in [0.3, 0.4) is 0 Å². The third-order valence-corrected chi connectivity index (χ3v) is 9.47. The van der Waals surface area contributed by atoms with E-state index in [4.69, 9.17) is 0 Å². The molecule has 0 atom stereocenters. The first-order chi connectivity index (χ1) is 15.8. The predicted octanol–water partition coefficient (Wildman–Crippen LogP) is 4.55. The zero-order valence-electron chi connectivity index (χ0n) is 18.6. The summed E-state index contributed by atoms with van der Waals surface area (Å²) < 4.78 is 30.4. The Morgan fingerprint density at radius 1 is 1.00 bits per heavy atom. The molecule has 0 aliphatic carbocycles. The maximum Gasteiger partial charge on any atom is 0.279 e. The van der Waals surface area contributed by atoms with Gasteiger partial charge in [0.05, 0.1) is 15.1 Å². The largest absolute Gasteiger partial charge is 0.319 e. The zero-order valence-corrected chi connectivity index (χ0v) is 20.2. The van der Waals surface area contributed by atoms with Gasteiger partial charge < -0.3 is 4.57 Å². The molecule has 1 aromatic heterocycles. The number of amides is 1. The lowest BCUT2D eigenvalue weighted by Gasteiger charge is -2.29. The molecule has 0 N–H and O–H groups in total. The SMILES string of the molecule is CC1CCN(S(=O)(=O)c2ccc(C(=O)N=c3sc4c5ccccc5ccc4n3C)cc2)CC1. The summed E-state index contributed by atoms with van der Waals surface area (Å²) in [4.78, 5) is 18.0. The van der Waals surface area contributed by atoms with Crippen molar-refractivity contribution in [3.8, 4) is 0 Å². The van der Waals surface area contributed by atoms with Gasteiger partial charge in [0, 0.05) is 31.1 Å². The normalized spacial score (nSPS) is 16.6. The van der Waals surface area contributed by atoms with Crippen LogP contribution in [-0.4, -0.2) is 36.3 Å². The van der Waals surface area contributed by atoms with E-state index >= 15 is 0 Å². The molecule has 0 saturated carbocycles. The quantitative estimate of drug-likeness (QED) is 0.433. The summed E-state index contributed by atoms with van der Waals surface area (Å²) in [5, 5.41) is 2.27. The molecule has 170 valence electrons. The Morgan fingerprint density at radius 2 is 1.70 bits per heavy atom. The van der Waals surface area contributed by atoms with Crippen molar-refractivity contribution in [3.05, 3.63) is 71.0 Å². The molecule has 1 fully saturated rings. The molecule has 0 spiro atoms. The Kier molecular flexibility index (Phi) is 5.68. The van der Waals surface area contributed by atoms with Crippen molar-refractivity contribution in [2.45, 2.75) is 24.7 Å². The van der Waals surface area contributed by atoms with Crippen molar-refractivity contribution in [1.82, 2.24) is 8.87 Å². The van der Waals surface area contributed by atoms with Crippen LogP contribution < -0.4 is 4.80 Å². The fourth-order valence-electron chi connectivity index (χ4n) is 4.26. The van der Waals surface area contributed by atoms with Crippen LogP contribution in [0.5, 0.6) is 0 Å². The highest BCUT2D eigenvalue weighted by molar-refractivity contribution is 7.89. The summed E-state index contributed by atoms with van der Waals surface area (Å²) >= 11 is 1.48. The molecule has 8 heteroatoms. The van der Waals surface area contributed by atoms with Gasteiger partial charge in [-0.05, 0) is 54.5 Å². The molecule has 33 heavy (non-hydrogen) atoms. The Labute approximate surface area is 196 Å². The maximum atomic E-state index is 12.9. The lowest BCUT2D eigenvalue weighted by Crippen LogP contribution is -2.37. The van der Waals surface area contributed by atoms with Crippen molar-refractivity contribution in [3.63, 3.8) is 0 Å². The predicted molar refractivity (Wildman–Crippen MR) is 132 cm³/mol. The van der Waals surface area contributed by atoms with Crippen molar-refractivity contribution in [2.24, 2.45) is 18.0 Å². The van der Waals surface area contributed by atoms with Gasteiger partial charge in [0.15, 0.2) is 4.80 Å². The monoisotopic (exact) mass is 479 g/mol. The highest BCUT2D eigenvalue weighted by Gasteiger charge is 2.28. The summed E-state index contributed by atoms with van der Waals surface area (Å²) in [6.07, 6.45) is 1.74. The lowest BCUT2D eigenvalue weighted by atomic mass is 10.0. The van der Waals surface area contributed by atoms with E-state index in [-0.39, 0.29) is 4.90 Å². The molecule has 0 unspecified atom stereocenters. The summed E-state index contributed by atoms with van der Waals surface area (Å²) in [6.45, 7) is 3.22. The average molecular weight is 480 g/mol. The number of nitrogens with zero attached hydrogens (tertiary/aromatic N) is 3. The van der Waals surface area contributed by atoms with Crippen LogP contribution >= 0.6 is 11.3 Å². The van der Waals surface area contributed by atoms with E-state index in [0.717, 1.165) is 33.8 Å². The Morgan fingerprint density at radius 3 is 2.42 bits per heavy atom. The van der Waals surface area contributed by atoms with Gasteiger partial charge >= 0.3 is 0 Å². The van der Waals surface area contributed by atoms with Crippen molar-refractivity contribution < 1.29 is 13.2 Å². The summed E-state index contributed by atoms with van der Waals surface area (Å²) in [7, 11) is -1.64. The molecule has 1 amide bonds. The summed E-state index contributed by atoms with van der Waals surface area (Å²) in [6, 6.07) is 18.4. The van der Waals surface area contributed by atoms with Crippen LogP contribution in [0.1, 0.15) is 30.1 Å². The number of aromatic nitrogens is 1. The first-order valence-electron chi connectivity index (χ1n) is 11.0. The first-order valence-corrected chi connectivity index (χ1v) is 13.3. The fourth-order valence-corrected chi connectivity index (χ4v) is 6.88. The molecular weight excluding hydrogens is 454 g/mol. The molecule has 0 radical (unpaired) electrons. The number of carbonyl (C=O) groups excluding carboxylic acids is 1. The number of piperidine rings is 1. The van der Waals surface area contributed by atoms with Crippen molar-refractivity contribution >= 4 is 48.3 Å². The van der Waals surface area contributed by atoms with E-state index in [1.165, 1.54) is 27.8 Å². The molecular formula is C25H25N3O3S2. The molecule has 1 saturated heterocycles. The number of benzene rings is 3. The third-order valence-electron chi connectivity index (χ3n) is 6.38. The van der Waals surface area contributed by atoms with Crippen LogP contribution in [-0.2, 0) is 17.1 Å².